The van der Waals surface area contributed by atoms with Crippen LogP contribution in [0.4, 0.5) is 0 Å². The van der Waals surface area contributed by atoms with E-state index in [0.29, 0.717) is 4.22 Å². The third kappa shape index (κ3) is 1.18. The molecule has 0 fully saturated rings. The molecule has 1 radical (unpaired) electrons. The molecular weight excluding hydrogens is 157 g/mol. The molecule has 0 atom stereocenters. The first kappa shape index (κ1) is 7.26. The molecule has 1 heterocycles. The van der Waals surface area contributed by atoms with Gasteiger partial charge in [0.05, 0.1) is 6.26 Å². The molecule has 0 aromatic carbocycles. The summed E-state index contributed by atoms with van der Waals surface area (Å²) in [4.78, 5) is 0. The van der Waals surface area contributed by atoms with Crippen molar-refractivity contribution in [3.63, 3.8) is 0 Å². The Balaban J connectivity index is 2.87. The first-order valence-corrected chi connectivity index (χ1v) is 4.24. The number of aliphatic hydroxyl groups excluding tert-OH is 1. The van der Waals surface area contributed by atoms with Gasteiger partial charge in [0, 0.05) is 0 Å². The van der Waals surface area contributed by atoms with Crippen LogP contribution < -0.4 is 0 Å². The Labute approximate surface area is 59.2 Å². The highest BCUT2D eigenvalue weighted by Gasteiger charge is 2.27. The van der Waals surface area contributed by atoms with Gasteiger partial charge in [-0.25, -0.2) is 12.6 Å². The minimum absolute atomic E-state index is 0.428. The zero-order chi connectivity index (χ0) is 7.78. The Morgan fingerprint density at radius 1 is 1.80 bits per heavy atom. The molecule has 0 saturated carbocycles. The average molecular weight is 162 g/mol. The molecule has 0 spiro atoms. The molecule has 10 heavy (non-hydrogen) atoms. The summed E-state index contributed by atoms with van der Waals surface area (Å²) in [6.07, 6.45) is 1.89. The lowest BCUT2D eigenvalue weighted by molar-refractivity contribution is 0.343. The molecule has 1 aliphatic heterocycles. The maximum absolute atomic E-state index is 10.7. The van der Waals surface area contributed by atoms with Crippen molar-refractivity contribution in [2.24, 2.45) is 0 Å². The Morgan fingerprint density at radius 3 is 2.60 bits per heavy atom. The van der Waals surface area contributed by atoms with Crippen LogP contribution in [0.2, 0.25) is 0 Å². The van der Waals surface area contributed by atoms with Crippen molar-refractivity contribution < 1.29 is 18.2 Å². The zero-order valence-corrected chi connectivity index (χ0v) is 6.00. The highest BCUT2D eigenvalue weighted by Crippen LogP contribution is 2.10. The Kier molecular flexibility index (Phi) is 1.51. The minimum Gasteiger partial charge on any atom is -0.544 e. The molecule has 55 valence electrons. The average Bonchev–Trinajstić information content (AvgIpc) is 2.11. The number of nitrogens with zero attached hydrogens (tertiary/aromatic N) is 1. The molecule has 0 aromatic heterocycles. The van der Waals surface area contributed by atoms with E-state index in [1.165, 1.54) is 0 Å². The van der Waals surface area contributed by atoms with Gasteiger partial charge in [-0.05, 0) is 0 Å². The quantitative estimate of drug-likeness (QED) is 0.511. The highest BCUT2D eigenvalue weighted by molar-refractivity contribution is 7.89. The van der Waals surface area contributed by atoms with E-state index < -0.39 is 15.9 Å². The fraction of sp³-hybridized carbons (Fsp3) is 0.333. The summed E-state index contributed by atoms with van der Waals surface area (Å²) in [5, 5.41) is 8.78. The standard InChI is InChI=1S/C3H5BNO4S/c1-10(7,8)5-3(6)2-9-4-5/h2,6H,1H3. The van der Waals surface area contributed by atoms with Crippen molar-refractivity contribution in [2.45, 2.75) is 0 Å². The molecular formula is C3H5BNO4S. The van der Waals surface area contributed by atoms with Gasteiger partial charge in [0.2, 0.25) is 15.9 Å². The van der Waals surface area contributed by atoms with Gasteiger partial charge in [-0.15, -0.1) is 0 Å². The summed E-state index contributed by atoms with van der Waals surface area (Å²) < 4.78 is 26.4. The predicted molar refractivity (Wildman–Crippen MR) is 34.2 cm³/mol. The van der Waals surface area contributed by atoms with Crippen LogP contribution in [0.5, 0.6) is 0 Å². The van der Waals surface area contributed by atoms with E-state index >= 15 is 0 Å². The second-order valence-electron chi connectivity index (χ2n) is 1.78. The van der Waals surface area contributed by atoms with Crippen LogP contribution in [-0.2, 0) is 14.7 Å². The van der Waals surface area contributed by atoms with Crippen LogP contribution in [0.25, 0.3) is 0 Å². The smallest absolute Gasteiger partial charge is 0.539 e. The number of hydrogen-bond acceptors (Lipinski definition) is 4. The normalized spacial score (nSPS) is 17.7. The zero-order valence-electron chi connectivity index (χ0n) is 5.18. The second-order valence-corrected chi connectivity index (χ2v) is 3.64. The lowest BCUT2D eigenvalue weighted by atomic mass is 10.3. The van der Waals surface area contributed by atoms with Crippen molar-refractivity contribution >= 4 is 17.6 Å². The third-order valence-corrected chi connectivity index (χ3v) is 1.90. The number of rotatable bonds is 1. The van der Waals surface area contributed by atoms with E-state index in [0.717, 1.165) is 20.1 Å². The molecule has 0 bridgehead atoms. The SMILES string of the molecule is CS(=O)(=O)N1[B]OC=C1O. The van der Waals surface area contributed by atoms with Crippen molar-refractivity contribution in [2.75, 3.05) is 6.26 Å². The first-order chi connectivity index (χ1) is 4.52. The van der Waals surface area contributed by atoms with Crippen LogP contribution >= 0.6 is 0 Å². The summed E-state index contributed by atoms with van der Waals surface area (Å²) in [5.74, 6) is -0.428. The molecule has 0 saturated heterocycles. The molecule has 1 aliphatic rings. The Bertz CT molecular complexity index is 258. The second kappa shape index (κ2) is 2.08. The molecule has 5 nitrogen and oxygen atoms in total. The van der Waals surface area contributed by atoms with Crippen molar-refractivity contribution in [1.82, 2.24) is 4.22 Å². The third-order valence-electron chi connectivity index (χ3n) is 0.913. The molecule has 0 aromatic rings. The lowest BCUT2D eigenvalue weighted by Gasteiger charge is -2.09. The Hall–Kier alpha value is -0.845. The molecule has 1 rings (SSSR count). The summed E-state index contributed by atoms with van der Waals surface area (Å²) in [6, 6.07) is 0. The van der Waals surface area contributed by atoms with Crippen molar-refractivity contribution in [3.05, 3.63) is 12.1 Å². The molecule has 0 unspecified atom stereocenters. The molecule has 0 aliphatic carbocycles. The van der Waals surface area contributed by atoms with Gasteiger partial charge in [0.1, 0.15) is 6.26 Å². The van der Waals surface area contributed by atoms with Gasteiger partial charge >= 0.3 is 7.62 Å². The van der Waals surface area contributed by atoms with Gasteiger partial charge in [-0.1, -0.05) is 0 Å². The van der Waals surface area contributed by atoms with E-state index in [9.17, 15) is 8.42 Å². The van der Waals surface area contributed by atoms with E-state index in [2.05, 4.69) is 4.65 Å². The number of hydrogen-bond donors (Lipinski definition) is 1. The summed E-state index contributed by atoms with van der Waals surface area (Å²) in [7, 11) is -2.51. The maximum Gasteiger partial charge on any atom is 0.539 e. The predicted octanol–water partition coefficient (Wildman–Crippen LogP) is -0.831. The summed E-state index contributed by atoms with van der Waals surface area (Å²) >= 11 is 0. The first-order valence-electron chi connectivity index (χ1n) is 2.39. The molecule has 1 N–H and O–H groups in total. The van der Waals surface area contributed by atoms with Crippen molar-refractivity contribution in [3.8, 4) is 0 Å². The van der Waals surface area contributed by atoms with Gasteiger partial charge < -0.3 is 9.76 Å². The monoisotopic (exact) mass is 162 g/mol. The van der Waals surface area contributed by atoms with Crippen molar-refractivity contribution in [1.29, 1.82) is 0 Å². The maximum atomic E-state index is 10.7. The number of aliphatic hydroxyl groups is 1. The number of sulfonamides is 1. The summed E-state index contributed by atoms with van der Waals surface area (Å²) in [6.45, 7) is 0. The van der Waals surface area contributed by atoms with E-state index in [4.69, 9.17) is 5.11 Å². The topological polar surface area (TPSA) is 66.8 Å². The van der Waals surface area contributed by atoms with E-state index in [1.807, 2.05) is 0 Å². The molecule has 0 amide bonds. The van der Waals surface area contributed by atoms with Gasteiger partial charge in [-0.3, -0.25) is 0 Å². The summed E-state index contributed by atoms with van der Waals surface area (Å²) in [5.41, 5.74) is 0. The van der Waals surface area contributed by atoms with Crippen LogP contribution in [0, 0.1) is 0 Å². The lowest BCUT2D eigenvalue weighted by Crippen LogP contribution is -2.29. The van der Waals surface area contributed by atoms with Gasteiger partial charge in [0.25, 0.3) is 0 Å². The van der Waals surface area contributed by atoms with Gasteiger partial charge in [-0.2, -0.15) is 0 Å². The van der Waals surface area contributed by atoms with Crippen LogP contribution in [0.15, 0.2) is 12.1 Å². The molecule has 7 heteroatoms. The van der Waals surface area contributed by atoms with E-state index in [1.54, 1.807) is 0 Å². The highest BCUT2D eigenvalue weighted by atomic mass is 32.2. The Morgan fingerprint density at radius 2 is 2.40 bits per heavy atom. The minimum atomic E-state index is -3.42. The van der Waals surface area contributed by atoms with E-state index in [-0.39, 0.29) is 0 Å². The van der Waals surface area contributed by atoms with Gasteiger partial charge in [0.15, 0.2) is 0 Å². The largest absolute Gasteiger partial charge is 0.544 e. The fourth-order valence-electron chi connectivity index (χ4n) is 0.501. The van der Waals surface area contributed by atoms with Crippen LogP contribution in [-0.4, -0.2) is 31.6 Å². The van der Waals surface area contributed by atoms with Crippen LogP contribution in [0.3, 0.4) is 0 Å². The fourth-order valence-corrected chi connectivity index (χ4v) is 1.09. The van der Waals surface area contributed by atoms with Crippen LogP contribution in [0.1, 0.15) is 0 Å².